The van der Waals surface area contributed by atoms with Crippen molar-refractivity contribution in [1.29, 1.82) is 0 Å². The van der Waals surface area contributed by atoms with E-state index < -0.39 is 12.2 Å². The third-order valence-corrected chi connectivity index (χ3v) is 5.70. The van der Waals surface area contributed by atoms with Gasteiger partial charge in [-0.2, -0.15) is 0 Å². The number of aliphatic hydroxyl groups is 3. The average Bonchev–Trinajstić information content (AvgIpc) is 3.25. The number of halogens is 2. The minimum Gasteiger partial charge on any atom is -0.396 e. The Labute approximate surface area is 149 Å². The lowest BCUT2D eigenvalue weighted by atomic mass is 10.1. The fourth-order valence-corrected chi connectivity index (χ4v) is 3.79. The van der Waals surface area contributed by atoms with E-state index in [9.17, 15) is 15.3 Å². The van der Waals surface area contributed by atoms with Crippen molar-refractivity contribution in [1.82, 2.24) is 9.55 Å². The standard InChI is InChI=1S/C16H19Cl2N3O3/c17-9-4-11-12(5-10(9)18)21(16(20-11)19-8-1-2-8)13-3-7(6-22)14(23)15(13)24/h4-5,7-8,13-15,22-24H,1-3,6H2,(H,19,20)/t7?,13-,14?,15?/m1/s1. The molecule has 4 atom stereocenters. The maximum Gasteiger partial charge on any atom is 0.204 e. The average molecular weight is 372 g/mol. The molecule has 1 heterocycles. The van der Waals surface area contributed by atoms with Crippen LogP contribution in [0.15, 0.2) is 12.1 Å². The van der Waals surface area contributed by atoms with Crippen LogP contribution in [0.25, 0.3) is 11.0 Å². The Balaban J connectivity index is 1.83. The lowest BCUT2D eigenvalue weighted by molar-refractivity contribution is -0.00345. The van der Waals surface area contributed by atoms with E-state index in [0.717, 1.165) is 18.4 Å². The highest BCUT2D eigenvalue weighted by molar-refractivity contribution is 6.42. The zero-order valence-corrected chi connectivity index (χ0v) is 14.4. The lowest BCUT2D eigenvalue weighted by Crippen LogP contribution is -2.30. The van der Waals surface area contributed by atoms with Crippen molar-refractivity contribution in [2.45, 2.75) is 43.6 Å². The Kier molecular flexibility index (Phi) is 4.13. The van der Waals surface area contributed by atoms with Gasteiger partial charge in [-0.3, -0.25) is 0 Å². The van der Waals surface area contributed by atoms with Crippen molar-refractivity contribution < 1.29 is 15.3 Å². The number of nitrogens with zero attached hydrogens (tertiary/aromatic N) is 2. The Bertz CT molecular complexity index is 778. The summed E-state index contributed by atoms with van der Waals surface area (Å²) in [5.74, 6) is 0.277. The number of hydrogen-bond acceptors (Lipinski definition) is 5. The molecule has 2 aliphatic carbocycles. The topological polar surface area (TPSA) is 90.5 Å². The number of benzene rings is 1. The third-order valence-electron chi connectivity index (χ3n) is 4.98. The summed E-state index contributed by atoms with van der Waals surface area (Å²) in [6.45, 7) is -0.167. The fraction of sp³-hybridized carbons (Fsp3) is 0.562. The van der Waals surface area contributed by atoms with E-state index in [1.807, 2.05) is 4.57 Å². The van der Waals surface area contributed by atoms with Crippen LogP contribution >= 0.6 is 23.2 Å². The number of rotatable bonds is 4. The first-order chi connectivity index (χ1) is 11.5. The van der Waals surface area contributed by atoms with Crippen LogP contribution in [0.3, 0.4) is 0 Å². The van der Waals surface area contributed by atoms with Gasteiger partial charge in [-0.15, -0.1) is 0 Å². The summed E-state index contributed by atoms with van der Waals surface area (Å²) < 4.78 is 1.89. The molecule has 1 aromatic heterocycles. The maximum absolute atomic E-state index is 10.5. The van der Waals surface area contributed by atoms with Gasteiger partial charge in [0.2, 0.25) is 5.95 Å². The van der Waals surface area contributed by atoms with Crippen LogP contribution in [0.4, 0.5) is 5.95 Å². The quantitative estimate of drug-likeness (QED) is 0.661. The first-order valence-electron chi connectivity index (χ1n) is 8.10. The molecule has 0 saturated heterocycles. The van der Waals surface area contributed by atoms with Gasteiger partial charge in [0, 0.05) is 18.6 Å². The van der Waals surface area contributed by atoms with Crippen molar-refractivity contribution in [2.75, 3.05) is 11.9 Å². The second kappa shape index (κ2) is 6.04. The van der Waals surface area contributed by atoms with Gasteiger partial charge >= 0.3 is 0 Å². The van der Waals surface area contributed by atoms with Crippen molar-refractivity contribution >= 4 is 40.2 Å². The molecule has 8 heteroatoms. The first-order valence-corrected chi connectivity index (χ1v) is 8.85. The number of nitrogens with one attached hydrogen (secondary N) is 1. The monoisotopic (exact) mass is 371 g/mol. The van der Waals surface area contributed by atoms with Crippen LogP contribution < -0.4 is 5.32 Å². The highest BCUT2D eigenvalue weighted by Crippen LogP contribution is 2.41. The number of imidazole rings is 1. The zero-order chi connectivity index (χ0) is 17.0. The van der Waals surface area contributed by atoms with Crippen molar-refractivity contribution in [3.05, 3.63) is 22.2 Å². The highest BCUT2D eigenvalue weighted by Gasteiger charge is 2.43. The van der Waals surface area contributed by atoms with Crippen LogP contribution in [0, 0.1) is 5.92 Å². The minimum atomic E-state index is -0.978. The van der Waals surface area contributed by atoms with Crippen molar-refractivity contribution in [3.63, 3.8) is 0 Å². The molecule has 2 saturated carbocycles. The zero-order valence-electron chi connectivity index (χ0n) is 12.9. The number of fused-ring (bicyclic) bond motifs is 1. The molecule has 0 bridgehead atoms. The van der Waals surface area contributed by atoms with Gasteiger partial charge < -0.3 is 25.2 Å². The summed E-state index contributed by atoms with van der Waals surface area (Å²) in [6, 6.07) is 3.43. The predicted octanol–water partition coefficient (Wildman–Crippen LogP) is 2.19. The summed E-state index contributed by atoms with van der Waals surface area (Å²) in [6.07, 6.45) is 0.687. The molecule has 2 aromatic rings. The van der Waals surface area contributed by atoms with E-state index in [1.54, 1.807) is 12.1 Å². The molecule has 4 N–H and O–H groups in total. The second-order valence-electron chi connectivity index (χ2n) is 6.71. The Hall–Kier alpha value is -1.05. The largest absolute Gasteiger partial charge is 0.396 e. The molecule has 3 unspecified atom stereocenters. The molecule has 1 aromatic carbocycles. The van der Waals surface area contributed by atoms with Crippen LogP contribution in [0.1, 0.15) is 25.3 Å². The Morgan fingerprint density at radius 2 is 1.88 bits per heavy atom. The van der Waals surface area contributed by atoms with Gasteiger partial charge in [0.15, 0.2) is 0 Å². The fourth-order valence-electron chi connectivity index (χ4n) is 3.47. The summed E-state index contributed by atoms with van der Waals surface area (Å²) in [5.41, 5.74) is 1.43. The van der Waals surface area contributed by atoms with Gasteiger partial charge in [0.05, 0.1) is 33.2 Å². The maximum atomic E-state index is 10.5. The molecule has 6 nitrogen and oxygen atoms in total. The lowest BCUT2D eigenvalue weighted by Gasteiger charge is -2.21. The summed E-state index contributed by atoms with van der Waals surface area (Å²) in [7, 11) is 0. The van der Waals surface area contributed by atoms with E-state index >= 15 is 0 Å². The SMILES string of the molecule is OCC1C[C@@H](n2c(NC3CC3)nc3cc(Cl)c(Cl)cc32)C(O)C1O. The van der Waals surface area contributed by atoms with E-state index in [1.165, 1.54) is 0 Å². The molecule has 2 fully saturated rings. The van der Waals surface area contributed by atoms with Crippen LogP contribution in [0.5, 0.6) is 0 Å². The van der Waals surface area contributed by atoms with Crippen LogP contribution in [-0.4, -0.2) is 49.7 Å². The van der Waals surface area contributed by atoms with Crippen molar-refractivity contribution in [3.8, 4) is 0 Å². The molecule has 0 amide bonds. The minimum absolute atomic E-state index is 0.167. The van der Waals surface area contributed by atoms with Gasteiger partial charge in [0.25, 0.3) is 0 Å². The number of aliphatic hydroxyl groups excluding tert-OH is 3. The predicted molar refractivity (Wildman–Crippen MR) is 92.6 cm³/mol. The molecule has 130 valence electrons. The smallest absolute Gasteiger partial charge is 0.204 e. The normalized spacial score (nSPS) is 30.2. The highest BCUT2D eigenvalue weighted by atomic mass is 35.5. The molecule has 0 spiro atoms. The van der Waals surface area contributed by atoms with Gasteiger partial charge in [-0.1, -0.05) is 23.2 Å². The molecular formula is C16H19Cl2N3O3. The number of anilines is 1. The third kappa shape index (κ3) is 2.66. The van der Waals surface area contributed by atoms with Gasteiger partial charge in [-0.05, 0) is 31.4 Å². The van der Waals surface area contributed by atoms with Gasteiger partial charge in [-0.25, -0.2) is 4.98 Å². The van der Waals surface area contributed by atoms with E-state index in [2.05, 4.69) is 10.3 Å². The van der Waals surface area contributed by atoms with E-state index in [0.29, 0.717) is 34.0 Å². The number of hydrogen-bond donors (Lipinski definition) is 4. The first kappa shape index (κ1) is 16.4. The van der Waals surface area contributed by atoms with E-state index in [4.69, 9.17) is 23.2 Å². The molecule has 0 radical (unpaired) electrons. The molecule has 24 heavy (non-hydrogen) atoms. The Morgan fingerprint density at radius 1 is 1.17 bits per heavy atom. The Morgan fingerprint density at radius 3 is 2.50 bits per heavy atom. The van der Waals surface area contributed by atoms with Crippen LogP contribution in [-0.2, 0) is 0 Å². The molecular weight excluding hydrogens is 353 g/mol. The number of aromatic nitrogens is 2. The van der Waals surface area contributed by atoms with Crippen LogP contribution in [0.2, 0.25) is 10.0 Å². The molecule has 0 aliphatic heterocycles. The summed E-state index contributed by atoms with van der Waals surface area (Å²) in [5, 5.41) is 34.3. The van der Waals surface area contributed by atoms with Gasteiger partial charge in [0.1, 0.15) is 6.10 Å². The second-order valence-corrected chi connectivity index (χ2v) is 7.52. The van der Waals surface area contributed by atoms with Crippen molar-refractivity contribution in [2.24, 2.45) is 5.92 Å². The summed E-state index contributed by atoms with van der Waals surface area (Å²) in [4.78, 5) is 4.60. The van der Waals surface area contributed by atoms with E-state index in [-0.39, 0.29) is 18.6 Å². The molecule has 2 aliphatic rings. The molecule has 4 rings (SSSR count). The summed E-state index contributed by atoms with van der Waals surface area (Å²) >= 11 is 12.3.